The second-order valence-electron chi connectivity index (χ2n) is 5.69. The summed E-state index contributed by atoms with van der Waals surface area (Å²) in [4.78, 5) is 16.2. The van der Waals surface area contributed by atoms with Crippen LogP contribution in [0.5, 0.6) is 0 Å². The van der Waals surface area contributed by atoms with Crippen LogP contribution in [0.1, 0.15) is 16.8 Å². The van der Waals surface area contributed by atoms with Crippen molar-refractivity contribution >= 4 is 17.6 Å². The summed E-state index contributed by atoms with van der Waals surface area (Å²) in [5.74, 6) is -0.311. The topological polar surface area (TPSA) is 46.4 Å². The summed E-state index contributed by atoms with van der Waals surface area (Å²) < 4.78 is 39.4. The predicted molar refractivity (Wildman–Crippen MR) is 92.4 cm³/mol. The minimum Gasteiger partial charge on any atom is -0.352 e. The molecule has 0 saturated heterocycles. The van der Waals surface area contributed by atoms with Gasteiger partial charge >= 0.3 is 6.18 Å². The molecule has 0 atom stereocenters. The molecular formula is C19H16F3N3O. The average Bonchev–Trinajstić information content (AvgIpc) is 3.02. The molecule has 0 aliphatic carbocycles. The normalized spacial score (nSPS) is 12.0. The van der Waals surface area contributed by atoms with Crippen LogP contribution in [-0.4, -0.2) is 21.8 Å². The first kappa shape index (κ1) is 17.7. The smallest absolute Gasteiger partial charge is 0.352 e. The van der Waals surface area contributed by atoms with Crippen molar-refractivity contribution in [3.8, 4) is 0 Å². The fraction of sp³-hybridized carbons (Fsp3) is 0.158. The van der Waals surface area contributed by atoms with Crippen LogP contribution in [0.2, 0.25) is 0 Å². The van der Waals surface area contributed by atoms with Crippen molar-refractivity contribution in [2.45, 2.75) is 12.6 Å². The molecule has 0 saturated carbocycles. The first-order chi connectivity index (χ1) is 12.4. The van der Waals surface area contributed by atoms with Crippen molar-refractivity contribution in [2.24, 2.45) is 0 Å². The molecule has 0 radical (unpaired) electrons. The van der Waals surface area contributed by atoms with Gasteiger partial charge in [-0.2, -0.15) is 13.2 Å². The third-order valence-electron chi connectivity index (χ3n) is 3.76. The fourth-order valence-corrected chi connectivity index (χ4v) is 2.44. The summed E-state index contributed by atoms with van der Waals surface area (Å²) in [5, 5.41) is 2.73. The van der Waals surface area contributed by atoms with Gasteiger partial charge in [-0.25, -0.2) is 4.98 Å². The summed E-state index contributed by atoms with van der Waals surface area (Å²) in [6.45, 7) is 0.417. The van der Waals surface area contributed by atoms with Gasteiger partial charge in [0.05, 0.1) is 11.3 Å². The van der Waals surface area contributed by atoms with Crippen LogP contribution in [-0.2, 0) is 17.4 Å². The number of halogens is 3. The SMILES string of the molecule is O=C(/C=C/c1ccc(C(F)(F)F)cc1)NCCc1cn2ccccc2n1. The van der Waals surface area contributed by atoms with Crippen molar-refractivity contribution in [1.29, 1.82) is 0 Å². The standard InChI is InChI=1S/C19H16F3N3O/c20-19(21,22)15-7-4-14(5-8-15)6-9-18(26)23-11-10-16-13-25-12-2-1-3-17(25)24-16/h1-9,12-13H,10-11H2,(H,23,26)/b9-6+. The van der Waals surface area contributed by atoms with Crippen molar-refractivity contribution in [2.75, 3.05) is 6.54 Å². The number of aromatic nitrogens is 2. The molecule has 0 unspecified atom stereocenters. The van der Waals surface area contributed by atoms with E-state index in [0.717, 1.165) is 23.5 Å². The van der Waals surface area contributed by atoms with Gasteiger partial charge in [-0.3, -0.25) is 4.79 Å². The van der Waals surface area contributed by atoms with E-state index in [4.69, 9.17) is 0 Å². The molecule has 3 rings (SSSR count). The lowest BCUT2D eigenvalue weighted by molar-refractivity contribution is -0.137. The Kier molecular flexibility index (Phi) is 5.06. The van der Waals surface area contributed by atoms with Gasteiger partial charge in [0, 0.05) is 31.4 Å². The first-order valence-electron chi connectivity index (χ1n) is 7.97. The number of carbonyl (C=O) groups excluding carboxylic acids is 1. The number of amides is 1. The molecule has 1 N–H and O–H groups in total. The van der Waals surface area contributed by atoms with E-state index in [2.05, 4.69) is 10.3 Å². The van der Waals surface area contributed by atoms with Crippen LogP contribution in [0.25, 0.3) is 11.7 Å². The number of imidazole rings is 1. The third-order valence-corrected chi connectivity index (χ3v) is 3.76. The monoisotopic (exact) mass is 359 g/mol. The molecule has 0 bridgehead atoms. The summed E-state index contributed by atoms with van der Waals surface area (Å²) in [6, 6.07) is 10.3. The van der Waals surface area contributed by atoms with E-state index in [1.165, 1.54) is 24.3 Å². The Morgan fingerprint density at radius 2 is 1.92 bits per heavy atom. The van der Waals surface area contributed by atoms with E-state index in [1.54, 1.807) is 0 Å². The minimum absolute atomic E-state index is 0.311. The van der Waals surface area contributed by atoms with Crippen molar-refractivity contribution < 1.29 is 18.0 Å². The molecular weight excluding hydrogens is 343 g/mol. The zero-order valence-electron chi connectivity index (χ0n) is 13.7. The number of nitrogens with one attached hydrogen (secondary N) is 1. The van der Waals surface area contributed by atoms with Gasteiger partial charge < -0.3 is 9.72 Å². The Hall–Kier alpha value is -3.09. The molecule has 0 fully saturated rings. The Balaban J connectivity index is 1.49. The average molecular weight is 359 g/mol. The second-order valence-corrected chi connectivity index (χ2v) is 5.69. The van der Waals surface area contributed by atoms with Crippen molar-refractivity contribution in [3.05, 3.63) is 77.8 Å². The number of carbonyl (C=O) groups is 1. The second kappa shape index (κ2) is 7.43. The molecule has 2 heterocycles. The number of alkyl halides is 3. The van der Waals surface area contributed by atoms with Crippen LogP contribution in [0.3, 0.4) is 0 Å². The van der Waals surface area contributed by atoms with Gasteiger partial charge in [-0.1, -0.05) is 18.2 Å². The van der Waals surface area contributed by atoms with Gasteiger partial charge in [-0.05, 0) is 35.9 Å². The predicted octanol–water partition coefficient (Wildman–Crippen LogP) is 3.73. The largest absolute Gasteiger partial charge is 0.416 e. The third kappa shape index (κ3) is 4.50. The van der Waals surface area contributed by atoms with Crippen molar-refractivity contribution in [3.63, 3.8) is 0 Å². The zero-order chi connectivity index (χ0) is 18.6. The van der Waals surface area contributed by atoms with E-state index in [0.29, 0.717) is 18.5 Å². The Morgan fingerprint density at radius 1 is 1.15 bits per heavy atom. The number of pyridine rings is 1. The molecule has 0 aliphatic rings. The van der Waals surface area contributed by atoms with Gasteiger partial charge in [0.2, 0.25) is 5.91 Å². The summed E-state index contributed by atoms with van der Waals surface area (Å²) in [6.07, 6.45) is 2.79. The maximum absolute atomic E-state index is 12.5. The highest BCUT2D eigenvalue weighted by atomic mass is 19.4. The lowest BCUT2D eigenvalue weighted by Crippen LogP contribution is -2.23. The maximum Gasteiger partial charge on any atom is 0.416 e. The maximum atomic E-state index is 12.5. The Bertz CT molecular complexity index is 894. The van der Waals surface area contributed by atoms with E-state index in [-0.39, 0.29) is 5.91 Å². The molecule has 1 aromatic carbocycles. The first-order valence-corrected chi connectivity index (χ1v) is 7.97. The number of fused-ring (bicyclic) bond motifs is 1. The summed E-state index contributed by atoms with van der Waals surface area (Å²) >= 11 is 0. The van der Waals surface area contributed by atoms with Gasteiger partial charge in [-0.15, -0.1) is 0 Å². The lowest BCUT2D eigenvalue weighted by Gasteiger charge is -2.05. The van der Waals surface area contributed by atoms with Gasteiger partial charge in [0.25, 0.3) is 0 Å². The molecule has 7 heteroatoms. The molecule has 3 aromatic rings. The van der Waals surface area contributed by atoms with Gasteiger partial charge in [0.15, 0.2) is 0 Å². The van der Waals surface area contributed by atoms with Gasteiger partial charge in [0.1, 0.15) is 5.65 Å². The van der Waals surface area contributed by atoms with Crippen LogP contribution in [0.4, 0.5) is 13.2 Å². The van der Waals surface area contributed by atoms with E-state index in [1.807, 2.05) is 35.0 Å². The molecule has 0 aliphatic heterocycles. The summed E-state index contributed by atoms with van der Waals surface area (Å²) in [7, 11) is 0. The highest BCUT2D eigenvalue weighted by Gasteiger charge is 2.29. The van der Waals surface area contributed by atoms with E-state index < -0.39 is 11.7 Å². The number of hydrogen-bond acceptors (Lipinski definition) is 2. The van der Waals surface area contributed by atoms with Crippen LogP contribution in [0.15, 0.2) is 60.9 Å². The number of nitrogens with zero attached hydrogens (tertiary/aromatic N) is 2. The fourth-order valence-electron chi connectivity index (χ4n) is 2.44. The highest BCUT2D eigenvalue weighted by molar-refractivity contribution is 5.91. The number of rotatable bonds is 5. The minimum atomic E-state index is -4.36. The van der Waals surface area contributed by atoms with Crippen molar-refractivity contribution in [1.82, 2.24) is 14.7 Å². The molecule has 2 aromatic heterocycles. The molecule has 1 amide bonds. The molecule has 0 spiro atoms. The van der Waals surface area contributed by atoms with Crippen LogP contribution in [0, 0.1) is 0 Å². The summed E-state index contributed by atoms with van der Waals surface area (Å²) in [5.41, 5.74) is 1.51. The van der Waals surface area contributed by atoms with Crippen LogP contribution >= 0.6 is 0 Å². The number of benzene rings is 1. The highest BCUT2D eigenvalue weighted by Crippen LogP contribution is 2.29. The van der Waals surface area contributed by atoms with Crippen LogP contribution < -0.4 is 5.32 Å². The number of hydrogen-bond donors (Lipinski definition) is 1. The zero-order valence-corrected chi connectivity index (χ0v) is 13.7. The van der Waals surface area contributed by atoms with E-state index in [9.17, 15) is 18.0 Å². The Morgan fingerprint density at radius 3 is 2.62 bits per heavy atom. The quantitative estimate of drug-likeness (QED) is 0.706. The van der Waals surface area contributed by atoms with E-state index >= 15 is 0 Å². The molecule has 134 valence electrons. The Labute approximate surface area is 148 Å². The molecule has 4 nitrogen and oxygen atoms in total. The lowest BCUT2D eigenvalue weighted by atomic mass is 10.1. The molecule has 26 heavy (non-hydrogen) atoms.